The fourth-order valence-electron chi connectivity index (χ4n) is 7.18. The van der Waals surface area contributed by atoms with Crippen LogP contribution in [-0.2, 0) is 28.4 Å². The fourth-order valence-corrected chi connectivity index (χ4v) is 7.18. The van der Waals surface area contributed by atoms with E-state index in [0.29, 0.717) is 17.8 Å². The molecule has 3 fully saturated rings. The standard InChI is InChI=1S/C31H58O6/c1-7-32-28-19-13-10-16-25(28)22(4)35-31(36-23(5)26-17-11-14-20-29(26)33-8-2)37-24(6)27-18-12-15-21-30(27)34-9-3/h22-31H,7-21H2,1-6H3. The van der Waals surface area contributed by atoms with Crippen molar-refractivity contribution in [2.45, 2.75) is 162 Å². The third-order valence-corrected chi connectivity index (χ3v) is 9.19. The van der Waals surface area contributed by atoms with Crippen molar-refractivity contribution in [3.63, 3.8) is 0 Å². The van der Waals surface area contributed by atoms with E-state index in [1.54, 1.807) is 0 Å². The average molecular weight is 527 g/mol. The second kappa shape index (κ2) is 16.8. The van der Waals surface area contributed by atoms with E-state index >= 15 is 0 Å². The normalized spacial score (nSPS) is 34.5. The Labute approximate surface area is 227 Å². The molecule has 3 saturated carbocycles. The van der Waals surface area contributed by atoms with E-state index < -0.39 is 6.48 Å². The highest BCUT2D eigenvalue weighted by molar-refractivity contribution is 4.84. The largest absolute Gasteiger partial charge is 0.378 e. The molecular formula is C31H58O6. The lowest BCUT2D eigenvalue weighted by Gasteiger charge is -2.41. The number of hydrogen-bond acceptors (Lipinski definition) is 6. The Bertz CT molecular complexity index is 515. The third kappa shape index (κ3) is 9.42. The SMILES string of the molecule is CCOC1CCCCC1C(C)OC(OC(C)C1CCCCC1OCC)OC(C)C1CCCCC1OCC. The van der Waals surface area contributed by atoms with Gasteiger partial charge in [-0.2, -0.15) is 0 Å². The van der Waals surface area contributed by atoms with Crippen molar-refractivity contribution in [1.82, 2.24) is 0 Å². The first-order valence-corrected chi connectivity index (χ1v) is 15.8. The van der Waals surface area contributed by atoms with Gasteiger partial charge in [-0.15, -0.1) is 0 Å². The lowest BCUT2D eigenvalue weighted by atomic mass is 9.83. The second-order valence-electron chi connectivity index (χ2n) is 11.6. The molecule has 218 valence electrons. The molecule has 6 nitrogen and oxygen atoms in total. The predicted molar refractivity (Wildman–Crippen MR) is 148 cm³/mol. The minimum Gasteiger partial charge on any atom is -0.378 e. The Kier molecular flexibility index (Phi) is 14.2. The van der Waals surface area contributed by atoms with Gasteiger partial charge in [-0.05, 0) is 80.1 Å². The molecule has 0 aromatic carbocycles. The van der Waals surface area contributed by atoms with Gasteiger partial charge in [-0.3, -0.25) is 0 Å². The first-order chi connectivity index (χ1) is 18.0. The van der Waals surface area contributed by atoms with Gasteiger partial charge in [0, 0.05) is 37.6 Å². The van der Waals surface area contributed by atoms with Crippen molar-refractivity contribution in [2.24, 2.45) is 17.8 Å². The highest BCUT2D eigenvalue weighted by atomic mass is 16.9. The van der Waals surface area contributed by atoms with Gasteiger partial charge in [-0.25, -0.2) is 0 Å². The molecule has 0 bridgehead atoms. The number of hydrogen-bond donors (Lipinski definition) is 0. The summed E-state index contributed by atoms with van der Waals surface area (Å²) in [6.07, 6.45) is 14.9. The van der Waals surface area contributed by atoms with E-state index in [2.05, 4.69) is 41.5 Å². The van der Waals surface area contributed by atoms with Gasteiger partial charge in [0.2, 0.25) is 0 Å². The van der Waals surface area contributed by atoms with Crippen LogP contribution < -0.4 is 0 Å². The first kappa shape index (κ1) is 31.3. The van der Waals surface area contributed by atoms with Crippen LogP contribution in [0.4, 0.5) is 0 Å². The highest BCUT2D eigenvalue weighted by Crippen LogP contribution is 2.36. The molecule has 0 heterocycles. The van der Waals surface area contributed by atoms with Crippen molar-refractivity contribution >= 4 is 0 Å². The Hall–Kier alpha value is -0.240. The summed E-state index contributed by atoms with van der Waals surface area (Å²) in [7, 11) is 0. The highest BCUT2D eigenvalue weighted by Gasteiger charge is 2.38. The number of rotatable bonds is 15. The minimum atomic E-state index is -0.697. The van der Waals surface area contributed by atoms with Gasteiger partial charge in [0.05, 0.1) is 36.6 Å². The predicted octanol–water partition coefficient (Wildman–Crippen LogP) is 7.27. The zero-order chi connectivity index (χ0) is 26.6. The van der Waals surface area contributed by atoms with Crippen LogP contribution in [0, 0.1) is 17.8 Å². The molecule has 9 unspecified atom stereocenters. The summed E-state index contributed by atoms with van der Waals surface area (Å²) in [5.41, 5.74) is 0. The van der Waals surface area contributed by atoms with Gasteiger partial charge >= 0.3 is 0 Å². The van der Waals surface area contributed by atoms with E-state index in [1.165, 1.54) is 38.5 Å². The molecule has 3 rings (SSSR count). The topological polar surface area (TPSA) is 55.4 Å². The molecule has 0 radical (unpaired) electrons. The van der Waals surface area contributed by atoms with Crippen LogP contribution in [0.1, 0.15) is 119 Å². The number of ether oxygens (including phenoxy) is 6. The lowest BCUT2D eigenvalue weighted by Crippen LogP contribution is -2.45. The van der Waals surface area contributed by atoms with Crippen molar-refractivity contribution in [2.75, 3.05) is 19.8 Å². The van der Waals surface area contributed by atoms with Crippen molar-refractivity contribution in [1.29, 1.82) is 0 Å². The molecule has 0 aromatic heterocycles. The quantitative estimate of drug-likeness (QED) is 0.209. The van der Waals surface area contributed by atoms with Crippen LogP contribution >= 0.6 is 0 Å². The maximum Gasteiger partial charge on any atom is 0.272 e. The van der Waals surface area contributed by atoms with Gasteiger partial charge in [0.15, 0.2) is 0 Å². The van der Waals surface area contributed by atoms with E-state index in [4.69, 9.17) is 28.4 Å². The molecule has 0 spiro atoms. The fraction of sp³-hybridized carbons (Fsp3) is 1.00. The molecule has 37 heavy (non-hydrogen) atoms. The zero-order valence-electron chi connectivity index (χ0n) is 24.8. The van der Waals surface area contributed by atoms with E-state index in [-0.39, 0.29) is 36.6 Å². The maximum atomic E-state index is 6.67. The Balaban J connectivity index is 1.71. The Morgan fingerprint density at radius 3 is 1.00 bits per heavy atom. The second-order valence-corrected chi connectivity index (χ2v) is 11.6. The molecule has 0 saturated heterocycles. The Morgan fingerprint density at radius 1 is 0.459 bits per heavy atom. The maximum absolute atomic E-state index is 6.67. The lowest BCUT2D eigenvalue weighted by molar-refractivity contribution is -0.349. The molecule has 0 aliphatic heterocycles. The van der Waals surface area contributed by atoms with E-state index in [1.807, 2.05) is 0 Å². The molecule has 0 aromatic rings. The summed E-state index contributed by atoms with van der Waals surface area (Å²) < 4.78 is 38.4. The summed E-state index contributed by atoms with van der Waals surface area (Å²) in [5, 5.41) is 0. The average Bonchev–Trinajstić information content (AvgIpc) is 2.90. The van der Waals surface area contributed by atoms with Crippen LogP contribution in [0.5, 0.6) is 0 Å². The molecule has 0 N–H and O–H groups in total. The summed E-state index contributed by atoms with van der Waals surface area (Å²) in [6, 6.07) is 0. The van der Waals surface area contributed by atoms with Gasteiger partial charge in [0.1, 0.15) is 0 Å². The van der Waals surface area contributed by atoms with Crippen LogP contribution in [0.2, 0.25) is 0 Å². The van der Waals surface area contributed by atoms with Crippen LogP contribution in [-0.4, -0.2) is 62.9 Å². The van der Waals surface area contributed by atoms with Crippen LogP contribution in [0.25, 0.3) is 0 Å². The molecule has 3 aliphatic carbocycles. The molecule has 3 aliphatic rings. The van der Waals surface area contributed by atoms with Gasteiger partial charge < -0.3 is 28.4 Å². The Morgan fingerprint density at radius 2 is 0.730 bits per heavy atom. The zero-order valence-corrected chi connectivity index (χ0v) is 24.8. The first-order valence-electron chi connectivity index (χ1n) is 15.8. The van der Waals surface area contributed by atoms with Crippen molar-refractivity contribution < 1.29 is 28.4 Å². The molecule has 9 atom stereocenters. The van der Waals surface area contributed by atoms with E-state index in [9.17, 15) is 0 Å². The van der Waals surface area contributed by atoms with E-state index in [0.717, 1.165) is 58.3 Å². The molecule has 6 heteroatoms. The summed E-state index contributed by atoms with van der Waals surface area (Å²) in [5.74, 6) is 1.10. The summed E-state index contributed by atoms with van der Waals surface area (Å²) in [6.45, 7) is 14.4. The summed E-state index contributed by atoms with van der Waals surface area (Å²) in [4.78, 5) is 0. The monoisotopic (exact) mass is 526 g/mol. The van der Waals surface area contributed by atoms with Crippen molar-refractivity contribution in [3.05, 3.63) is 0 Å². The summed E-state index contributed by atoms with van der Waals surface area (Å²) >= 11 is 0. The van der Waals surface area contributed by atoms with Gasteiger partial charge in [0.25, 0.3) is 6.48 Å². The van der Waals surface area contributed by atoms with Crippen molar-refractivity contribution in [3.8, 4) is 0 Å². The molecular weight excluding hydrogens is 468 g/mol. The smallest absolute Gasteiger partial charge is 0.272 e. The third-order valence-electron chi connectivity index (χ3n) is 9.19. The molecule has 0 amide bonds. The van der Waals surface area contributed by atoms with Crippen LogP contribution in [0.3, 0.4) is 0 Å². The van der Waals surface area contributed by atoms with Gasteiger partial charge in [-0.1, -0.05) is 38.5 Å². The minimum absolute atomic E-state index is 0.00402. The van der Waals surface area contributed by atoms with Crippen LogP contribution in [0.15, 0.2) is 0 Å².